The van der Waals surface area contributed by atoms with E-state index in [0.717, 1.165) is 25.2 Å². The first-order valence-corrected chi connectivity index (χ1v) is 7.94. The number of aromatic nitrogens is 2. The summed E-state index contributed by atoms with van der Waals surface area (Å²) in [5.41, 5.74) is 0. The molecule has 0 amide bonds. The number of hydrogen-bond acceptors (Lipinski definition) is 3. The van der Waals surface area contributed by atoms with E-state index in [-0.39, 0.29) is 10.9 Å². The third-order valence-corrected chi connectivity index (χ3v) is 3.98. The molecule has 1 aromatic rings. The van der Waals surface area contributed by atoms with Gasteiger partial charge in [-0.1, -0.05) is 40.5 Å². The molecular formula is C12H23N3O2S. The lowest BCUT2D eigenvalue weighted by Gasteiger charge is -2.16. The average Bonchev–Trinajstić information content (AvgIpc) is 2.69. The van der Waals surface area contributed by atoms with Gasteiger partial charge in [0.2, 0.25) is 0 Å². The second-order valence-corrected chi connectivity index (χ2v) is 6.48. The fourth-order valence-corrected chi connectivity index (χ4v) is 2.47. The molecule has 1 heterocycles. The van der Waals surface area contributed by atoms with E-state index in [1.54, 1.807) is 6.20 Å². The summed E-state index contributed by atoms with van der Waals surface area (Å²) in [6.07, 6.45) is 3.69. The van der Waals surface area contributed by atoms with Crippen molar-refractivity contribution in [2.75, 3.05) is 0 Å². The van der Waals surface area contributed by atoms with Gasteiger partial charge in [-0.2, -0.15) is 0 Å². The van der Waals surface area contributed by atoms with E-state index in [1.165, 1.54) is 0 Å². The summed E-state index contributed by atoms with van der Waals surface area (Å²) in [5, 5.41) is 5.10. The Labute approximate surface area is 109 Å². The number of sulfonamides is 1. The van der Waals surface area contributed by atoms with Gasteiger partial charge in [0, 0.05) is 18.7 Å². The van der Waals surface area contributed by atoms with Crippen LogP contribution in [0.2, 0.25) is 0 Å². The van der Waals surface area contributed by atoms with Crippen molar-refractivity contribution < 1.29 is 8.42 Å². The van der Waals surface area contributed by atoms with Crippen molar-refractivity contribution >= 4 is 10.0 Å². The lowest BCUT2D eigenvalue weighted by atomic mass is 10.0. The van der Waals surface area contributed by atoms with Gasteiger partial charge in [0.1, 0.15) is 5.82 Å². The number of nitrogens with two attached hydrogens (primary N) is 1. The van der Waals surface area contributed by atoms with E-state index in [2.05, 4.69) is 18.8 Å². The van der Waals surface area contributed by atoms with Crippen molar-refractivity contribution in [3.63, 3.8) is 0 Å². The highest BCUT2D eigenvalue weighted by Gasteiger charge is 2.19. The zero-order valence-electron chi connectivity index (χ0n) is 11.5. The normalized spacial score (nSPS) is 12.6. The van der Waals surface area contributed by atoms with E-state index >= 15 is 0 Å². The van der Waals surface area contributed by atoms with Crippen LogP contribution in [-0.2, 0) is 16.6 Å². The lowest BCUT2D eigenvalue weighted by Crippen LogP contribution is -2.13. The number of primary sulfonamides is 1. The van der Waals surface area contributed by atoms with Crippen molar-refractivity contribution in [3.05, 3.63) is 12.0 Å². The molecule has 0 radical (unpaired) electrons. The largest absolute Gasteiger partial charge is 0.333 e. The van der Waals surface area contributed by atoms with Crippen molar-refractivity contribution in [2.24, 2.45) is 11.1 Å². The van der Waals surface area contributed by atoms with Crippen molar-refractivity contribution in [2.45, 2.75) is 58.0 Å². The fourth-order valence-electron chi connectivity index (χ4n) is 1.97. The molecule has 104 valence electrons. The Morgan fingerprint density at radius 3 is 2.28 bits per heavy atom. The summed E-state index contributed by atoms with van der Waals surface area (Å²) in [4.78, 5) is 4.15. The summed E-state index contributed by atoms with van der Waals surface area (Å²) in [7, 11) is -3.72. The molecular weight excluding hydrogens is 250 g/mol. The zero-order chi connectivity index (χ0) is 13.9. The quantitative estimate of drug-likeness (QED) is 0.862. The van der Waals surface area contributed by atoms with E-state index in [1.807, 2.05) is 18.4 Å². The molecule has 0 bridgehead atoms. The van der Waals surface area contributed by atoms with Crippen LogP contribution in [0.25, 0.3) is 0 Å². The molecule has 0 aliphatic carbocycles. The monoisotopic (exact) mass is 273 g/mol. The van der Waals surface area contributed by atoms with Crippen LogP contribution in [-0.4, -0.2) is 18.0 Å². The number of nitrogens with zero attached hydrogens (tertiary/aromatic N) is 2. The van der Waals surface area contributed by atoms with Crippen LogP contribution >= 0.6 is 0 Å². The van der Waals surface area contributed by atoms with Gasteiger partial charge in [-0.3, -0.25) is 0 Å². The molecule has 0 fully saturated rings. The smallest absolute Gasteiger partial charge is 0.257 e. The standard InChI is InChI=1S/C12H23N3O2S/c1-5-10(6-2)7-15-8-11(18(13,16)17)14-12(15)9(3)4/h8-10H,5-7H2,1-4H3,(H2,13,16,17). The third-order valence-electron chi connectivity index (χ3n) is 3.20. The van der Waals surface area contributed by atoms with E-state index in [4.69, 9.17) is 5.14 Å². The molecule has 0 aromatic carbocycles. The first-order valence-electron chi connectivity index (χ1n) is 6.39. The van der Waals surface area contributed by atoms with Crippen LogP contribution in [0.1, 0.15) is 52.3 Å². The van der Waals surface area contributed by atoms with Crippen LogP contribution in [0.3, 0.4) is 0 Å². The van der Waals surface area contributed by atoms with Gasteiger partial charge in [0.05, 0.1) is 0 Å². The Balaban J connectivity index is 3.13. The van der Waals surface area contributed by atoms with E-state index in [0.29, 0.717) is 5.92 Å². The molecule has 0 spiro atoms. The minimum Gasteiger partial charge on any atom is -0.333 e. The second kappa shape index (κ2) is 5.84. The summed E-state index contributed by atoms with van der Waals surface area (Å²) >= 11 is 0. The average molecular weight is 273 g/mol. The van der Waals surface area contributed by atoms with Crippen LogP contribution in [0.4, 0.5) is 0 Å². The summed E-state index contributed by atoms with van der Waals surface area (Å²) < 4.78 is 24.6. The molecule has 0 aliphatic rings. The first-order chi connectivity index (χ1) is 8.29. The molecule has 2 N–H and O–H groups in total. The number of imidazole rings is 1. The summed E-state index contributed by atoms with van der Waals surface area (Å²) in [6, 6.07) is 0. The van der Waals surface area contributed by atoms with Crippen LogP contribution in [0, 0.1) is 5.92 Å². The molecule has 0 saturated heterocycles. The lowest BCUT2D eigenvalue weighted by molar-refractivity contribution is 0.407. The second-order valence-electron chi connectivity index (χ2n) is 4.97. The Morgan fingerprint density at radius 2 is 1.89 bits per heavy atom. The maximum Gasteiger partial charge on any atom is 0.257 e. The highest BCUT2D eigenvalue weighted by molar-refractivity contribution is 7.89. The fraction of sp³-hybridized carbons (Fsp3) is 0.750. The Morgan fingerprint density at radius 1 is 1.33 bits per heavy atom. The van der Waals surface area contributed by atoms with Crippen molar-refractivity contribution in [3.8, 4) is 0 Å². The first kappa shape index (κ1) is 15.2. The van der Waals surface area contributed by atoms with Gasteiger partial charge in [0.25, 0.3) is 10.0 Å². The molecule has 5 nitrogen and oxygen atoms in total. The highest BCUT2D eigenvalue weighted by atomic mass is 32.2. The SMILES string of the molecule is CCC(CC)Cn1cc(S(N)(=O)=O)nc1C(C)C. The summed E-state index contributed by atoms with van der Waals surface area (Å²) in [6.45, 7) is 9.07. The van der Waals surface area contributed by atoms with Gasteiger partial charge in [-0.15, -0.1) is 0 Å². The minimum atomic E-state index is -3.72. The summed E-state index contributed by atoms with van der Waals surface area (Å²) in [5.74, 6) is 1.49. The molecule has 0 aliphatic heterocycles. The maximum absolute atomic E-state index is 11.3. The van der Waals surface area contributed by atoms with E-state index in [9.17, 15) is 8.42 Å². The van der Waals surface area contributed by atoms with E-state index < -0.39 is 10.0 Å². The molecule has 1 aromatic heterocycles. The van der Waals surface area contributed by atoms with Crippen molar-refractivity contribution in [1.82, 2.24) is 9.55 Å². The Kier molecular flexibility index (Phi) is 4.92. The topological polar surface area (TPSA) is 78.0 Å². The zero-order valence-corrected chi connectivity index (χ0v) is 12.4. The van der Waals surface area contributed by atoms with Crippen LogP contribution in [0.15, 0.2) is 11.2 Å². The van der Waals surface area contributed by atoms with Gasteiger partial charge in [-0.25, -0.2) is 18.5 Å². The maximum atomic E-state index is 11.3. The minimum absolute atomic E-state index is 0.0304. The molecule has 0 saturated carbocycles. The predicted octanol–water partition coefficient (Wildman–Crippen LogP) is 2.09. The third kappa shape index (κ3) is 3.55. The van der Waals surface area contributed by atoms with Crippen LogP contribution < -0.4 is 5.14 Å². The highest BCUT2D eigenvalue weighted by Crippen LogP contribution is 2.20. The number of hydrogen-bond donors (Lipinski definition) is 1. The molecule has 0 atom stereocenters. The van der Waals surface area contributed by atoms with Gasteiger partial charge >= 0.3 is 0 Å². The Hall–Kier alpha value is -0.880. The Bertz CT molecular complexity index is 487. The van der Waals surface area contributed by atoms with Gasteiger partial charge in [-0.05, 0) is 5.92 Å². The molecule has 1 rings (SSSR count). The number of rotatable bonds is 6. The van der Waals surface area contributed by atoms with Gasteiger partial charge < -0.3 is 4.57 Å². The molecule has 18 heavy (non-hydrogen) atoms. The van der Waals surface area contributed by atoms with Crippen LogP contribution in [0.5, 0.6) is 0 Å². The molecule has 0 unspecified atom stereocenters. The molecule has 6 heteroatoms. The van der Waals surface area contributed by atoms with Crippen molar-refractivity contribution in [1.29, 1.82) is 0 Å². The van der Waals surface area contributed by atoms with Gasteiger partial charge in [0.15, 0.2) is 5.03 Å². The predicted molar refractivity (Wildman–Crippen MR) is 71.8 cm³/mol.